The largest absolute Gasteiger partial charge is 0.453 e. The first kappa shape index (κ1) is 25.5. The second-order valence-electron chi connectivity index (χ2n) is 9.34. The van der Waals surface area contributed by atoms with Crippen LogP contribution in [0.2, 0.25) is 0 Å². The maximum Gasteiger partial charge on any atom is 0.331 e. The average Bonchev–Trinajstić information content (AvgIpc) is 3.31. The standard InChI is InChI=1S/C30H29NO4S/c1-6-30(4,5)24-11-16-27-23(17-24)18-28(34-27)29(33)22-9-14-26(15-10-22)36-25-12-7-21(8-13-25)19(2)31-35-20(3)32/h7-18H,6H2,1-5H3/b31-19-. The van der Waals surface area contributed by atoms with Crippen LogP contribution in [0, 0.1) is 0 Å². The Morgan fingerprint density at radius 2 is 1.50 bits per heavy atom. The van der Waals surface area contributed by atoms with E-state index in [1.165, 1.54) is 12.5 Å². The minimum absolute atomic E-state index is 0.0692. The van der Waals surface area contributed by atoms with Crippen molar-refractivity contribution in [2.75, 3.05) is 0 Å². The molecule has 0 bridgehead atoms. The number of benzene rings is 3. The molecule has 0 radical (unpaired) electrons. The van der Waals surface area contributed by atoms with Crippen LogP contribution in [0.4, 0.5) is 0 Å². The van der Waals surface area contributed by atoms with Crippen LogP contribution >= 0.6 is 11.8 Å². The molecule has 6 heteroatoms. The molecule has 3 aromatic carbocycles. The summed E-state index contributed by atoms with van der Waals surface area (Å²) in [5.41, 5.74) is 4.11. The number of carbonyl (C=O) groups is 2. The predicted octanol–water partition coefficient (Wildman–Crippen LogP) is 7.79. The molecule has 0 unspecified atom stereocenters. The van der Waals surface area contributed by atoms with Crippen LogP contribution in [-0.4, -0.2) is 17.5 Å². The quantitative estimate of drug-likeness (QED) is 0.107. The Labute approximate surface area is 215 Å². The summed E-state index contributed by atoms with van der Waals surface area (Å²) in [6.07, 6.45) is 1.03. The lowest BCUT2D eigenvalue weighted by Crippen LogP contribution is -2.14. The maximum absolute atomic E-state index is 13.1. The van der Waals surface area contributed by atoms with Gasteiger partial charge in [0.15, 0.2) is 5.76 Å². The van der Waals surface area contributed by atoms with E-state index < -0.39 is 5.97 Å². The SMILES string of the molecule is CCC(C)(C)c1ccc2oc(C(=O)c3ccc(Sc4ccc(/C(C)=N\OC(C)=O)cc4)cc3)cc2c1. The lowest BCUT2D eigenvalue weighted by molar-refractivity contribution is -0.140. The minimum Gasteiger partial charge on any atom is -0.453 e. The molecule has 0 aliphatic heterocycles. The van der Waals surface area contributed by atoms with Crippen LogP contribution in [0.1, 0.15) is 68.3 Å². The third kappa shape index (κ3) is 5.77. The van der Waals surface area contributed by atoms with Crippen LogP contribution in [0.5, 0.6) is 0 Å². The zero-order valence-corrected chi connectivity index (χ0v) is 21.9. The second kappa shape index (κ2) is 10.5. The summed E-state index contributed by atoms with van der Waals surface area (Å²) in [6, 6.07) is 23.3. The van der Waals surface area contributed by atoms with Crippen molar-refractivity contribution in [1.29, 1.82) is 0 Å². The molecule has 0 aliphatic rings. The highest BCUT2D eigenvalue weighted by Crippen LogP contribution is 2.32. The average molecular weight is 500 g/mol. The Kier molecular flexibility index (Phi) is 7.45. The minimum atomic E-state index is -0.450. The molecule has 4 aromatic rings. The van der Waals surface area contributed by atoms with Crippen molar-refractivity contribution in [1.82, 2.24) is 0 Å². The monoisotopic (exact) mass is 499 g/mol. The fourth-order valence-electron chi connectivity index (χ4n) is 3.68. The highest BCUT2D eigenvalue weighted by Gasteiger charge is 2.20. The molecule has 5 nitrogen and oxygen atoms in total. The molecule has 0 atom stereocenters. The fraction of sp³-hybridized carbons (Fsp3) is 0.233. The Morgan fingerprint density at radius 3 is 2.08 bits per heavy atom. The molecular weight excluding hydrogens is 470 g/mol. The number of hydrogen-bond acceptors (Lipinski definition) is 6. The lowest BCUT2D eigenvalue weighted by Gasteiger charge is -2.23. The van der Waals surface area contributed by atoms with Crippen molar-refractivity contribution in [2.24, 2.45) is 5.16 Å². The number of oxime groups is 1. The molecule has 0 aliphatic carbocycles. The molecular formula is C30H29NO4S. The molecule has 4 rings (SSSR count). The Morgan fingerprint density at radius 1 is 0.889 bits per heavy atom. The number of nitrogens with zero attached hydrogens (tertiary/aromatic N) is 1. The topological polar surface area (TPSA) is 68.9 Å². The van der Waals surface area contributed by atoms with Gasteiger partial charge in [0.25, 0.3) is 0 Å². The van der Waals surface area contributed by atoms with Crippen molar-refractivity contribution in [2.45, 2.75) is 56.2 Å². The Balaban J connectivity index is 1.46. The Hall–Kier alpha value is -3.64. The summed E-state index contributed by atoms with van der Waals surface area (Å²) in [6.45, 7) is 9.71. The number of furan rings is 1. The molecule has 0 N–H and O–H groups in total. The van der Waals surface area contributed by atoms with Crippen LogP contribution in [0.3, 0.4) is 0 Å². The summed E-state index contributed by atoms with van der Waals surface area (Å²) in [5.74, 6) is -0.238. The van der Waals surface area contributed by atoms with Crippen LogP contribution in [-0.2, 0) is 15.0 Å². The molecule has 0 spiro atoms. The third-order valence-corrected chi connectivity index (χ3v) is 7.36. The molecule has 184 valence electrons. The van der Waals surface area contributed by atoms with Crippen molar-refractivity contribution in [3.8, 4) is 0 Å². The summed E-state index contributed by atoms with van der Waals surface area (Å²) < 4.78 is 5.88. The molecule has 1 aromatic heterocycles. The zero-order valence-electron chi connectivity index (χ0n) is 21.1. The highest BCUT2D eigenvalue weighted by atomic mass is 32.2. The summed E-state index contributed by atoms with van der Waals surface area (Å²) >= 11 is 1.59. The van der Waals surface area contributed by atoms with Crippen LogP contribution in [0.15, 0.2) is 92.2 Å². The van der Waals surface area contributed by atoms with Crippen LogP contribution in [0.25, 0.3) is 11.0 Å². The molecule has 0 saturated heterocycles. The van der Waals surface area contributed by atoms with Gasteiger partial charge in [-0.25, -0.2) is 4.79 Å². The van der Waals surface area contributed by atoms with E-state index in [4.69, 9.17) is 9.25 Å². The van der Waals surface area contributed by atoms with Gasteiger partial charge in [-0.2, -0.15) is 0 Å². The molecule has 0 saturated carbocycles. The van der Waals surface area contributed by atoms with Crippen LogP contribution < -0.4 is 0 Å². The van der Waals surface area contributed by atoms with E-state index in [1.54, 1.807) is 18.7 Å². The maximum atomic E-state index is 13.1. The van der Waals surface area contributed by atoms with Crippen molar-refractivity contribution >= 4 is 40.2 Å². The first-order valence-corrected chi connectivity index (χ1v) is 12.7. The van der Waals surface area contributed by atoms with Gasteiger partial charge in [-0.3, -0.25) is 4.79 Å². The normalized spacial score (nSPS) is 12.1. The van der Waals surface area contributed by atoms with E-state index in [0.29, 0.717) is 17.0 Å². The molecule has 36 heavy (non-hydrogen) atoms. The van der Waals surface area contributed by atoms with Crippen molar-refractivity contribution in [3.05, 3.63) is 95.2 Å². The molecule has 0 fully saturated rings. The van der Waals surface area contributed by atoms with Gasteiger partial charge >= 0.3 is 5.97 Å². The summed E-state index contributed by atoms with van der Waals surface area (Å²) in [4.78, 5) is 30.8. The number of hydrogen-bond donors (Lipinski definition) is 0. The highest BCUT2D eigenvalue weighted by molar-refractivity contribution is 7.99. The zero-order chi connectivity index (χ0) is 25.9. The van der Waals surface area contributed by atoms with Gasteiger partial charge in [0.1, 0.15) is 5.58 Å². The van der Waals surface area contributed by atoms with Gasteiger partial charge in [0.2, 0.25) is 5.78 Å². The number of rotatable bonds is 8. The number of carbonyl (C=O) groups excluding carboxylic acids is 2. The van der Waals surface area contributed by atoms with E-state index in [-0.39, 0.29) is 11.2 Å². The lowest BCUT2D eigenvalue weighted by atomic mass is 9.82. The smallest absolute Gasteiger partial charge is 0.331 e. The third-order valence-electron chi connectivity index (χ3n) is 6.34. The number of ketones is 1. The van der Waals surface area contributed by atoms with E-state index in [1.807, 2.05) is 60.7 Å². The fourth-order valence-corrected chi connectivity index (χ4v) is 4.50. The number of fused-ring (bicyclic) bond motifs is 1. The van der Waals surface area contributed by atoms with Crippen molar-refractivity contribution in [3.63, 3.8) is 0 Å². The van der Waals surface area contributed by atoms with E-state index in [0.717, 1.165) is 32.7 Å². The molecule has 0 amide bonds. The van der Waals surface area contributed by atoms with Gasteiger partial charge in [-0.1, -0.05) is 55.9 Å². The van der Waals surface area contributed by atoms with Gasteiger partial charge < -0.3 is 9.25 Å². The summed E-state index contributed by atoms with van der Waals surface area (Å²) in [5, 5.41) is 4.76. The van der Waals surface area contributed by atoms with Crippen molar-refractivity contribution < 1.29 is 18.8 Å². The van der Waals surface area contributed by atoms with E-state index >= 15 is 0 Å². The Bertz CT molecular complexity index is 1430. The van der Waals surface area contributed by atoms with Gasteiger partial charge in [0.05, 0.1) is 5.71 Å². The first-order chi connectivity index (χ1) is 17.2. The first-order valence-electron chi connectivity index (χ1n) is 11.9. The van der Waals surface area contributed by atoms with Gasteiger partial charge in [-0.15, -0.1) is 0 Å². The second-order valence-corrected chi connectivity index (χ2v) is 10.5. The summed E-state index contributed by atoms with van der Waals surface area (Å²) in [7, 11) is 0. The predicted molar refractivity (Wildman–Crippen MR) is 144 cm³/mol. The van der Waals surface area contributed by atoms with E-state index in [2.05, 4.69) is 38.1 Å². The van der Waals surface area contributed by atoms with Gasteiger partial charge in [-0.05, 0) is 84.5 Å². The van der Waals surface area contributed by atoms with Gasteiger partial charge in [0, 0.05) is 27.7 Å². The van der Waals surface area contributed by atoms with E-state index in [9.17, 15) is 9.59 Å². The molecule has 1 heterocycles.